The summed E-state index contributed by atoms with van der Waals surface area (Å²) in [6.07, 6.45) is 1.37. The molecule has 2 aliphatic heterocycles. The maximum absolute atomic E-state index is 13.4. The number of nitro groups is 1. The quantitative estimate of drug-likeness (QED) is 0.0831. The van der Waals surface area contributed by atoms with Crippen molar-refractivity contribution in [1.29, 1.82) is 0 Å². The summed E-state index contributed by atoms with van der Waals surface area (Å²) in [4.78, 5) is 44.5. The van der Waals surface area contributed by atoms with Gasteiger partial charge in [-0.2, -0.15) is 0 Å². The van der Waals surface area contributed by atoms with Gasteiger partial charge < -0.3 is 24.8 Å². The van der Waals surface area contributed by atoms with Gasteiger partial charge in [-0.25, -0.2) is 13.1 Å². The summed E-state index contributed by atoms with van der Waals surface area (Å²) in [5, 5.41) is 15.4. The van der Waals surface area contributed by atoms with Crippen LogP contribution in [0.15, 0.2) is 113 Å². The third-order valence-corrected chi connectivity index (χ3v) is 12.4. The molecule has 0 saturated carbocycles. The fourth-order valence-corrected chi connectivity index (χ4v) is 8.90. The van der Waals surface area contributed by atoms with Gasteiger partial charge in [-0.1, -0.05) is 48.5 Å². The van der Waals surface area contributed by atoms with Crippen LogP contribution >= 0.6 is 11.8 Å². The second-order valence-corrected chi connectivity index (χ2v) is 16.9. The van der Waals surface area contributed by atoms with Crippen LogP contribution in [0, 0.1) is 10.1 Å². The highest BCUT2D eigenvalue weighted by molar-refractivity contribution is 7.99. The lowest BCUT2D eigenvalue weighted by atomic mass is 9.97. The van der Waals surface area contributed by atoms with Crippen LogP contribution in [0.3, 0.4) is 0 Å². The van der Waals surface area contributed by atoms with Crippen molar-refractivity contribution in [3.8, 4) is 0 Å². The Labute approximate surface area is 326 Å². The van der Waals surface area contributed by atoms with Crippen LogP contribution in [-0.2, 0) is 26.1 Å². The topological polar surface area (TPSA) is 154 Å². The molecule has 2 aliphatic rings. The number of nitrogens with one attached hydrogen (secondary N) is 2. The lowest BCUT2D eigenvalue weighted by molar-refractivity contribution is -0.384. The van der Waals surface area contributed by atoms with Crippen LogP contribution < -0.4 is 14.9 Å². The van der Waals surface area contributed by atoms with Gasteiger partial charge >= 0.3 is 0 Å². The van der Waals surface area contributed by atoms with E-state index >= 15 is 0 Å². The van der Waals surface area contributed by atoms with E-state index in [0.717, 1.165) is 28.8 Å². The Kier molecular flexibility index (Phi) is 12.4. The molecule has 2 N–H and O–H groups in total. The number of amides is 2. The van der Waals surface area contributed by atoms with Gasteiger partial charge in [-0.15, -0.1) is 11.8 Å². The molecule has 0 bridgehead atoms. The van der Waals surface area contributed by atoms with Gasteiger partial charge in [0, 0.05) is 66.5 Å². The lowest BCUT2D eigenvalue weighted by Gasteiger charge is -2.44. The van der Waals surface area contributed by atoms with Gasteiger partial charge in [0.15, 0.2) is 0 Å². The number of piperidine rings is 1. The van der Waals surface area contributed by atoms with Crippen molar-refractivity contribution >= 4 is 50.7 Å². The zero-order valence-corrected chi connectivity index (χ0v) is 32.7. The second kappa shape index (κ2) is 17.2. The molecule has 2 saturated heterocycles. The Hall–Kier alpha value is -4.96. The Balaban J connectivity index is 1.09. The third-order valence-electron chi connectivity index (χ3n) is 9.91. The molecule has 2 atom stereocenters. The van der Waals surface area contributed by atoms with Gasteiger partial charge in [-0.3, -0.25) is 19.7 Å². The predicted molar refractivity (Wildman–Crippen MR) is 214 cm³/mol. The zero-order chi connectivity index (χ0) is 39.2. The molecule has 13 nitrogen and oxygen atoms in total. The largest absolute Gasteiger partial charge is 0.376 e. The molecule has 4 aromatic carbocycles. The number of nitro benzene ring substituents is 1. The van der Waals surface area contributed by atoms with Crippen molar-refractivity contribution in [2.75, 3.05) is 49.7 Å². The molecule has 2 amide bonds. The van der Waals surface area contributed by atoms with Gasteiger partial charge in [-0.05, 0) is 88.1 Å². The lowest BCUT2D eigenvalue weighted by Crippen LogP contribution is -2.53. The molecule has 1 spiro atoms. The van der Waals surface area contributed by atoms with Crippen molar-refractivity contribution in [1.82, 2.24) is 14.5 Å². The third kappa shape index (κ3) is 9.65. The Morgan fingerprint density at radius 2 is 1.65 bits per heavy atom. The number of carbonyl (C=O) groups excluding carboxylic acids is 2. The van der Waals surface area contributed by atoms with Crippen LogP contribution in [0.4, 0.5) is 17.1 Å². The molecule has 15 heteroatoms. The summed E-state index contributed by atoms with van der Waals surface area (Å²) in [5.41, 5.74) is 1.07. The maximum atomic E-state index is 13.4. The van der Waals surface area contributed by atoms with Crippen molar-refractivity contribution in [3.05, 3.63) is 124 Å². The van der Waals surface area contributed by atoms with E-state index in [9.17, 15) is 28.1 Å². The number of nitrogens with zero attached hydrogens (tertiary/aromatic N) is 4. The number of thioether (sulfide) groups is 1. The average Bonchev–Trinajstić information content (AvgIpc) is 3.40. The molecule has 0 aliphatic carbocycles. The highest BCUT2D eigenvalue weighted by Gasteiger charge is 2.51. The van der Waals surface area contributed by atoms with Crippen LogP contribution in [-0.4, -0.2) is 92.3 Å². The van der Waals surface area contributed by atoms with E-state index in [1.165, 1.54) is 12.1 Å². The Morgan fingerprint density at radius 3 is 2.29 bits per heavy atom. The first-order valence-corrected chi connectivity index (χ1v) is 20.6. The molecule has 290 valence electrons. The minimum atomic E-state index is -4.46. The van der Waals surface area contributed by atoms with Gasteiger partial charge in [0.25, 0.3) is 27.5 Å². The second-order valence-electron chi connectivity index (χ2n) is 14.1. The normalized spacial score (nSPS) is 17.4. The van der Waals surface area contributed by atoms with E-state index in [4.69, 9.17) is 4.74 Å². The molecular weight excluding hydrogens is 741 g/mol. The summed E-state index contributed by atoms with van der Waals surface area (Å²) >= 11 is 1.62. The van der Waals surface area contributed by atoms with Crippen molar-refractivity contribution in [3.63, 3.8) is 0 Å². The summed E-state index contributed by atoms with van der Waals surface area (Å²) in [7, 11) is -0.553. The Bertz CT molecular complexity index is 2080. The molecule has 55 heavy (non-hydrogen) atoms. The minimum absolute atomic E-state index is 0.0252. The van der Waals surface area contributed by atoms with Crippen LogP contribution in [0.5, 0.6) is 0 Å². The van der Waals surface area contributed by atoms with Crippen molar-refractivity contribution in [2.45, 2.75) is 60.4 Å². The number of carbonyl (C=O) groups is 2. The summed E-state index contributed by atoms with van der Waals surface area (Å²) in [6.45, 7) is 4.21. The molecule has 0 aromatic heterocycles. The highest BCUT2D eigenvalue weighted by atomic mass is 32.2. The van der Waals surface area contributed by atoms with E-state index in [1.807, 2.05) is 84.6 Å². The molecular formula is C40H46N6O7S2. The fourth-order valence-electron chi connectivity index (χ4n) is 6.91. The van der Waals surface area contributed by atoms with Crippen molar-refractivity contribution < 1.29 is 27.7 Å². The highest BCUT2D eigenvalue weighted by Crippen LogP contribution is 2.40. The van der Waals surface area contributed by atoms with Crippen molar-refractivity contribution in [2.24, 2.45) is 0 Å². The smallest absolute Gasteiger partial charge is 0.293 e. The number of hydrogen-bond donors (Lipinski definition) is 2. The zero-order valence-electron chi connectivity index (χ0n) is 31.1. The first-order chi connectivity index (χ1) is 26.3. The summed E-state index contributed by atoms with van der Waals surface area (Å²) in [5.74, 6) is -0.258. The number of anilines is 2. The van der Waals surface area contributed by atoms with E-state index in [2.05, 4.69) is 14.9 Å². The standard InChI is InChI=1S/C40H46N6O7S2/c1-29-39(48)45(27-30-10-6-4-7-11-30)40(53-29)21-24-44(25-22-40)33-16-14-31(15-17-33)38(47)42-55(51,52)35-18-19-36(37(26-35)46(49)50)41-32(20-23-43(2)3)28-54-34-12-8-5-9-13-34/h4-19,26,29,32,41H,20-25,27-28H2,1-3H3,(H,42,47)/t29?,32-/m1/s1. The molecule has 0 radical (unpaired) electrons. The average molecular weight is 787 g/mol. The first-order valence-electron chi connectivity index (χ1n) is 18.2. The first kappa shape index (κ1) is 39.7. The van der Waals surface area contributed by atoms with Crippen LogP contribution in [0.25, 0.3) is 0 Å². The minimum Gasteiger partial charge on any atom is -0.376 e. The van der Waals surface area contributed by atoms with E-state index in [1.54, 1.807) is 43.0 Å². The van der Waals surface area contributed by atoms with Crippen LogP contribution in [0.1, 0.15) is 42.1 Å². The van der Waals surface area contributed by atoms with Gasteiger partial charge in [0.1, 0.15) is 17.5 Å². The monoisotopic (exact) mass is 786 g/mol. The molecule has 2 heterocycles. The fraction of sp³-hybridized carbons (Fsp3) is 0.350. The number of sulfonamides is 1. The predicted octanol–water partition coefficient (Wildman–Crippen LogP) is 5.98. The SMILES string of the molecule is CC1OC2(CCN(c3ccc(C(=O)NS(=O)(=O)c4ccc(N[C@H](CCN(C)C)CSc5ccccc5)c([N+](=O)[O-])c4)cc3)CC2)N(Cc2ccccc2)C1=O. The maximum Gasteiger partial charge on any atom is 0.293 e. The number of benzene rings is 4. The number of rotatable bonds is 15. The van der Waals surface area contributed by atoms with Gasteiger partial charge in [0.2, 0.25) is 0 Å². The van der Waals surface area contributed by atoms with Crippen LogP contribution in [0.2, 0.25) is 0 Å². The van der Waals surface area contributed by atoms with E-state index in [-0.39, 0.29) is 23.2 Å². The van der Waals surface area contributed by atoms with E-state index < -0.39 is 43.3 Å². The number of hydrogen-bond acceptors (Lipinski definition) is 11. The summed E-state index contributed by atoms with van der Waals surface area (Å²) < 4.78 is 35.1. The molecule has 1 unspecified atom stereocenters. The summed E-state index contributed by atoms with van der Waals surface area (Å²) in [6, 6.07) is 29.7. The molecule has 6 rings (SSSR count). The van der Waals surface area contributed by atoms with E-state index in [0.29, 0.717) is 44.6 Å². The Morgan fingerprint density at radius 1 is 1.00 bits per heavy atom. The molecule has 2 fully saturated rings. The van der Waals surface area contributed by atoms with Gasteiger partial charge in [0.05, 0.1) is 9.82 Å². The molecule has 4 aromatic rings. The number of ether oxygens (including phenoxy) is 1.